The topological polar surface area (TPSA) is 162 Å². The zero-order valence-electron chi connectivity index (χ0n) is 25.9. The fourth-order valence-corrected chi connectivity index (χ4v) is 5.96. The van der Waals surface area contributed by atoms with Gasteiger partial charge in [-0.15, -0.1) is 0 Å². The summed E-state index contributed by atoms with van der Waals surface area (Å²) in [5.41, 5.74) is -1.44. The van der Waals surface area contributed by atoms with E-state index in [1.165, 1.54) is 50.8 Å². The molecule has 0 aliphatic carbocycles. The number of amides is 1. The largest absolute Gasteiger partial charge is 0.480 e. The smallest absolute Gasteiger partial charge is 0.411 e. The van der Waals surface area contributed by atoms with Crippen LogP contribution < -0.4 is 21.5 Å². The van der Waals surface area contributed by atoms with Crippen LogP contribution >= 0.6 is 0 Å². The summed E-state index contributed by atoms with van der Waals surface area (Å²) in [5, 5.41) is 12.7. The minimum Gasteiger partial charge on any atom is -0.480 e. The highest BCUT2D eigenvalue weighted by atomic mass is 19.4. The number of ether oxygens (including phenoxy) is 1. The van der Waals surface area contributed by atoms with E-state index in [-0.39, 0.29) is 53.2 Å². The van der Waals surface area contributed by atoms with Crippen LogP contribution in [0.5, 0.6) is 0 Å². The number of aryl methyl sites for hydroxylation is 2. The summed E-state index contributed by atoms with van der Waals surface area (Å²) in [5.74, 6) is -3.67. The summed E-state index contributed by atoms with van der Waals surface area (Å²) in [6.07, 6.45) is -0.890. The summed E-state index contributed by atoms with van der Waals surface area (Å²) < 4.78 is 63.3. The molecule has 1 aliphatic rings. The van der Waals surface area contributed by atoms with Gasteiger partial charge in [0, 0.05) is 49.7 Å². The number of hydrogen-bond donors (Lipinski definition) is 2. The van der Waals surface area contributed by atoms with Crippen LogP contribution in [-0.2, 0) is 23.0 Å². The number of rotatable bonds is 7. The van der Waals surface area contributed by atoms with E-state index in [1.807, 2.05) is 0 Å². The first-order chi connectivity index (χ1) is 23.3. The van der Waals surface area contributed by atoms with Gasteiger partial charge in [0.25, 0.3) is 11.5 Å². The molecule has 5 aromatic rings. The molecule has 3 aromatic heterocycles. The van der Waals surface area contributed by atoms with Crippen LogP contribution in [0.4, 0.5) is 23.2 Å². The van der Waals surface area contributed by atoms with Gasteiger partial charge < -0.3 is 20.1 Å². The summed E-state index contributed by atoms with van der Waals surface area (Å²) in [7, 11) is 1.43. The number of anilines is 1. The van der Waals surface area contributed by atoms with E-state index in [0.717, 1.165) is 20.1 Å². The number of benzene rings is 2. The number of carbonyl (C=O) groups excluding carboxylic acids is 1. The summed E-state index contributed by atoms with van der Waals surface area (Å²) in [4.78, 5) is 65.8. The Labute approximate surface area is 273 Å². The molecule has 0 saturated carbocycles. The number of carbonyl (C=O) groups is 2. The molecule has 17 heteroatoms. The van der Waals surface area contributed by atoms with Crippen molar-refractivity contribution in [2.75, 3.05) is 24.7 Å². The Morgan fingerprint density at radius 2 is 1.82 bits per heavy atom. The van der Waals surface area contributed by atoms with Crippen molar-refractivity contribution < 1.29 is 37.0 Å². The molecular weight excluding hydrogens is 654 g/mol. The average Bonchev–Trinajstić information content (AvgIpc) is 3.07. The van der Waals surface area contributed by atoms with Crippen molar-refractivity contribution in [1.82, 2.24) is 29.4 Å². The molecule has 2 N–H and O–H groups in total. The molecule has 0 bridgehead atoms. The second-order valence-electron chi connectivity index (χ2n) is 11.4. The SMILES string of the molecule is Cc1cc(N2CCOC[C@@H]2C(F)(F)F)cc(F)c1C(=O)N[C@@H](Cc1ccc(-n2c(=O)c3nccnc3n(C)c2=O)c2ncccc12)C(=O)O. The van der Waals surface area contributed by atoms with E-state index in [4.69, 9.17) is 4.74 Å². The number of hydrogen-bond acceptors (Lipinski definition) is 9. The van der Waals surface area contributed by atoms with Crippen molar-refractivity contribution in [3.05, 3.63) is 98.3 Å². The fraction of sp³-hybridized carbons (Fsp3) is 0.281. The highest BCUT2D eigenvalue weighted by Crippen LogP contribution is 2.33. The number of carboxylic acids is 1. The maximum atomic E-state index is 15.4. The predicted octanol–water partition coefficient (Wildman–Crippen LogP) is 2.67. The number of carboxylic acid groups (broad SMARTS) is 1. The molecule has 49 heavy (non-hydrogen) atoms. The van der Waals surface area contributed by atoms with Gasteiger partial charge in [-0.2, -0.15) is 13.2 Å². The lowest BCUT2D eigenvalue weighted by molar-refractivity contribution is -0.167. The number of aliphatic carboxylic acids is 1. The van der Waals surface area contributed by atoms with Gasteiger partial charge in [0.2, 0.25) is 0 Å². The molecule has 6 rings (SSSR count). The zero-order chi connectivity index (χ0) is 35.2. The second-order valence-corrected chi connectivity index (χ2v) is 11.4. The van der Waals surface area contributed by atoms with Crippen molar-refractivity contribution in [1.29, 1.82) is 0 Å². The van der Waals surface area contributed by atoms with Crippen molar-refractivity contribution in [3.8, 4) is 5.69 Å². The lowest BCUT2D eigenvalue weighted by Crippen LogP contribution is -2.53. The normalized spacial score (nSPS) is 15.8. The maximum absolute atomic E-state index is 15.4. The predicted molar refractivity (Wildman–Crippen MR) is 167 cm³/mol. The van der Waals surface area contributed by atoms with Crippen LogP contribution in [0.25, 0.3) is 27.8 Å². The second kappa shape index (κ2) is 12.7. The Kier molecular flexibility index (Phi) is 8.62. The molecular formula is C32H27F4N7O6. The summed E-state index contributed by atoms with van der Waals surface area (Å²) in [6, 6.07) is 4.50. The third kappa shape index (κ3) is 6.08. The van der Waals surface area contributed by atoms with Crippen LogP contribution in [0.15, 0.2) is 64.6 Å². The number of fused-ring (bicyclic) bond motifs is 2. The third-order valence-corrected chi connectivity index (χ3v) is 8.32. The van der Waals surface area contributed by atoms with Gasteiger partial charge in [-0.3, -0.25) is 19.1 Å². The van der Waals surface area contributed by atoms with E-state index >= 15 is 4.39 Å². The lowest BCUT2D eigenvalue weighted by atomic mass is 9.99. The van der Waals surface area contributed by atoms with E-state index in [2.05, 4.69) is 20.3 Å². The number of nitrogens with one attached hydrogen (secondary N) is 1. The molecule has 2 atom stereocenters. The van der Waals surface area contributed by atoms with E-state index in [0.29, 0.717) is 10.9 Å². The number of morpholine rings is 1. The highest BCUT2D eigenvalue weighted by molar-refractivity contribution is 5.99. The van der Waals surface area contributed by atoms with Crippen LogP contribution in [0.1, 0.15) is 21.5 Å². The summed E-state index contributed by atoms with van der Waals surface area (Å²) in [6.45, 7) is 0.534. The molecule has 0 spiro atoms. The van der Waals surface area contributed by atoms with Crippen molar-refractivity contribution in [2.45, 2.75) is 31.6 Å². The molecule has 1 fully saturated rings. The number of pyridine rings is 1. The first kappa shape index (κ1) is 33.2. The zero-order valence-corrected chi connectivity index (χ0v) is 25.9. The molecule has 13 nitrogen and oxygen atoms in total. The molecule has 2 aromatic carbocycles. The van der Waals surface area contributed by atoms with Gasteiger partial charge >= 0.3 is 17.8 Å². The molecule has 0 radical (unpaired) electrons. The van der Waals surface area contributed by atoms with Crippen LogP contribution in [0, 0.1) is 12.7 Å². The van der Waals surface area contributed by atoms with Crippen molar-refractivity contribution >= 4 is 39.6 Å². The van der Waals surface area contributed by atoms with Gasteiger partial charge in [-0.1, -0.05) is 12.1 Å². The lowest BCUT2D eigenvalue weighted by Gasteiger charge is -2.38. The number of nitrogens with zero attached hydrogens (tertiary/aromatic N) is 6. The minimum atomic E-state index is -4.65. The van der Waals surface area contributed by atoms with Crippen molar-refractivity contribution in [3.63, 3.8) is 0 Å². The molecule has 1 saturated heterocycles. The van der Waals surface area contributed by atoms with Crippen molar-refractivity contribution in [2.24, 2.45) is 7.05 Å². The van der Waals surface area contributed by atoms with Crippen LogP contribution in [0.2, 0.25) is 0 Å². The monoisotopic (exact) mass is 681 g/mol. The number of aromatic nitrogens is 5. The highest BCUT2D eigenvalue weighted by Gasteiger charge is 2.45. The average molecular weight is 682 g/mol. The van der Waals surface area contributed by atoms with E-state index < -0.39 is 59.4 Å². The third-order valence-electron chi connectivity index (χ3n) is 8.32. The van der Waals surface area contributed by atoms with Gasteiger partial charge in [0.1, 0.15) is 17.9 Å². The van der Waals surface area contributed by atoms with Gasteiger partial charge in [-0.25, -0.2) is 28.5 Å². The first-order valence-corrected chi connectivity index (χ1v) is 14.8. The molecule has 0 unspecified atom stereocenters. The quantitative estimate of drug-likeness (QED) is 0.245. The molecule has 4 heterocycles. The molecule has 1 aliphatic heterocycles. The molecule has 1 amide bonds. The Balaban J connectivity index is 1.32. The van der Waals surface area contributed by atoms with Gasteiger partial charge in [0.15, 0.2) is 11.2 Å². The Bertz CT molecular complexity index is 2230. The standard InChI is InChI=1S/C32H27F4N7O6/c1-16-12-18(42-10-11-49-15-23(42)32(34,35)36)14-20(33)24(16)28(44)40-21(30(46)47)13-17-5-6-22(25-19(17)4-3-7-37-25)43-29(45)26-27(39-9-8-38-26)41(2)31(43)48/h3-9,12,14,21,23H,10-11,13,15H2,1-2H3,(H,40,44)(H,46,47)/t21-,23+/m0/s1. The van der Waals surface area contributed by atoms with Crippen LogP contribution in [0.3, 0.4) is 0 Å². The number of halogens is 4. The first-order valence-electron chi connectivity index (χ1n) is 14.8. The molecule has 254 valence electrons. The maximum Gasteiger partial charge on any atom is 0.411 e. The Morgan fingerprint density at radius 3 is 2.53 bits per heavy atom. The van der Waals surface area contributed by atoms with Gasteiger partial charge in [-0.05, 0) is 42.3 Å². The van der Waals surface area contributed by atoms with E-state index in [1.54, 1.807) is 12.1 Å². The van der Waals surface area contributed by atoms with Gasteiger partial charge in [0.05, 0.1) is 30.0 Å². The Hall–Kier alpha value is -5.71. The fourth-order valence-electron chi connectivity index (χ4n) is 5.96. The number of alkyl halides is 3. The Morgan fingerprint density at radius 1 is 1.08 bits per heavy atom. The van der Waals surface area contributed by atoms with Crippen LogP contribution in [-0.4, -0.2) is 79.1 Å². The summed E-state index contributed by atoms with van der Waals surface area (Å²) >= 11 is 0. The van der Waals surface area contributed by atoms with E-state index in [9.17, 15) is 37.5 Å². The minimum absolute atomic E-state index is 0.00449.